The van der Waals surface area contributed by atoms with Gasteiger partial charge in [0.25, 0.3) is 5.91 Å². The fraction of sp³-hybridized carbons (Fsp3) is 0.0556. The Morgan fingerprint density at radius 3 is 2.29 bits per heavy atom. The van der Waals surface area contributed by atoms with E-state index in [4.69, 9.17) is 5.26 Å². The first kappa shape index (κ1) is 16.8. The van der Waals surface area contributed by atoms with E-state index in [-0.39, 0.29) is 11.3 Å². The van der Waals surface area contributed by atoms with Crippen LogP contribution in [0.5, 0.6) is 5.75 Å². The molecule has 0 saturated carbocycles. The van der Waals surface area contributed by atoms with Gasteiger partial charge in [0.1, 0.15) is 17.4 Å². The molecular formula is C18H14N2O4. The Morgan fingerprint density at radius 2 is 1.75 bits per heavy atom. The van der Waals surface area contributed by atoms with Crippen LogP contribution in [-0.4, -0.2) is 24.1 Å². The summed E-state index contributed by atoms with van der Waals surface area (Å²) in [5, 5.41) is 20.9. The summed E-state index contributed by atoms with van der Waals surface area (Å²) >= 11 is 0. The van der Waals surface area contributed by atoms with Crippen molar-refractivity contribution in [2.45, 2.75) is 0 Å². The minimum atomic E-state index is -0.569. The lowest BCUT2D eigenvalue weighted by atomic mass is 10.1. The minimum Gasteiger partial charge on any atom is -0.508 e. The average Bonchev–Trinajstić information content (AvgIpc) is 2.61. The highest BCUT2D eigenvalue weighted by molar-refractivity contribution is 6.09. The monoisotopic (exact) mass is 322 g/mol. The molecule has 0 heterocycles. The number of nitrogens with one attached hydrogen (secondary N) is 1. The van der Waals surface area contributed by atoms with Crippen LogP contribution in [0.15, 0.2) is 54.1 Å². The van der Waals surface area contributed by atoms with Crippen molar-refractivity contribution < 1.29 is 19.4 Å². The van der Waals surface area contributed by atoms with Crippen LogP contribution in [0.25, 0.3) is 6.08 Å². The van der Waals surface area contributed by atoms with Crippen LogP contribution >= 0.6 is 0 Å². The van der Waals surface area contributed by atoms with Gasteiger partial charge in [0.05, 0.1) is 12.7 Å². The van der Waals surface area contributed by atoms with E-state index >= 15 is 0 Å². The van der Waals surface area contributed by atoms with Gasteiger partial charge in [-0.15, -0.1) is 0 Å². The summed E-state index contributed by atoms with van der Waals surface area (Å²) in [5.74, 6) is -0.953. The molecule has 0 bridgehead atoms. The van der Waals surface area contributed by atoms with Gasteiger partial charge < -0.3 is 15.2 Å². The Morgan fingerprint density at radius 1 is 1.12 bits per heavy atom. The Balaban J connectivity index is 2.16. The molecule has 0 aliphatic heterocycles. The minimum absolute atomic E-state index is 0.0785. The van der Waals surface area contributed by atoms with E-state index in [1.807, 2.05) is 6.07 Å². The second kappa shape index (κ2) is 7.61. The van der Waals surface area contributed by atoms with Gasteiger partial charge in [-0.1, -0.05) is 12.1 Å². The maximum absolute atomic E-state index is 12.1. The number of rotatable bonds is 4. The van der Waals surface area contributed by atoms with Gasteiger partial charge in [0.2, 0.25) is 0 Å². The Hall–Kier alpha value is -3.59. The lowest BCUT2D eigenvalue weighted by Gasteiger charge is -2.04. The lowest BCUT2D eigenvalue weighted by molar-refractivity contribution is -0.112. The van der Waals surface area contributed by atoms with Crippen molar-refractivity contribution in [2.24, 2.45) is 0 Å². The second-order valence-corrected chi connectivity index (χ2v) is 4.78. The molecule has 2 rings (SSSR count). The molecule has 6 heteroatoms. The van der Waals surface area contributed by atoms with E-state index in [1.165, 1.54) is 37.5 Å². The molecule has 0 fully saturated rings. The SMILES string of the molecule is COC(=O)c1ccc(/C=C(\C#N)C(=O)Nc2ccc(O)cc2)cc1. The number of amides is 1. The highest BCUT2D eigenvalue weighted by Gasteiger charge is 2.10. The Kier molecular flexibility index (Phi) is 5.32. The van der Waals surface area contributed by atoms with E-state index < -0.39 is 11.9 Å². The van der Waals surface area contributed by atoms with E-state index in [0.29, 0.717) is 16.8 Å². The van der Waals surface area contributed by atoms with Crippen molar-refractivity contribution in [3.05, 3.63) is 65.2 Å². The molecule has 0 aromatic heterocycles. The molecule has 0 radical (unpaired) electrons. The molecule has 24 heavy (non-hydrogen) atoms. The summed E-state index contributed by atoms with van der Waals surface area (Å²) in [7, 11) is 1.29. The van der Waals surface area contributed by atoms with Gasteiger partial charge in [-0.3, -0.25) is 4.79 Å². The van der Waals surface area contributed by atoms with Gasteiger partial charge in [-0.25, -0.2) is 4.79 Å². The van der Waals surface area contributed by atoms with E-state index in [9.17, 15) is 14.7 Å². The molecule has 0 aliphatic carbocycles. The summed E-state index contributed by atoms with van der Waals surface area (Å²) in [4.78, 5) is 23.5. The number of ether oxygens (including phenoxy) is 1. The third kappa shape index (κ3) is 4.21. The zero-order valence-corrected chi connectivity index (χ0v) is 12.8. The molecule has 0 unspecified atom stereocenters. The maximum atomic E-state index is 12.1. The van der Waals surface area contributed by atoms with Crippen LogP contribution in [0.3, 0.4) is 0 Å². The molecular weight excluding hydrogens is 308 g/mol. The van der Waals surface area contributed by atoms with Gasteiger partial charge in [0, 0.05) is 5.69 Å². The number of phenolic OH excluding ortho intramolecular Hbond substituents is 1. The van der Waals surface area contributed by atoms with Crippen molar-refractivity contribution in [3.63, 3.8) is 0 Å². The van der Waals surface area contributed by atoms with Crippen molar-refractivity contribution in [1.82, 2.24) is 0 Å². The number of hydrogen-bond donors (Lipinski definition) is 2. The topological polar surface area (TPSA) is 99.4 Å². The molecule has 2 N–H and O–H groups in total. The number of phenols is 1. The zero-order valence-electron chi connectivity index (χ0n) is 12.8. The number of esters is 1. The third-order valence-electron chi connectivity index (χ3n) is 3.13. The number of methoxy groups -OCH3 is 1. The van der Waals surface area contributed by atoms with E-state index in [1.54, 1.807) is 24.3 Å². The predicted octanol–water partition coefficient (Wildman–Crippen LogP) is 2.72. The van der Waals surface area contributed by atoms with E-state index in [2.05, 4.69) is 10.1 Å². The first-order valence-electron chi connectivity index (χ1n) is 6.94. The quantitative estimate of drug-likeness (QED) is 0.390. The normalized spacial score (nSPS) is 10.6. The summed E-state index contributed by atoms with van der Waals surface area (Å²) in [6.07, 6.45) is 1.41. The fourth-order valence-corrected chi connectivity index (χ4v) is 1.89. The Bertz CT molecular complexity index is 816. The Labute approximate surface area is 138 Å². The number of benzene rings is 2. The highest BCUT2D eigenvalue weighted by Crippen LogP contribution is 2.15. The molecule has 0 spiro atoms. The number of hydrogen-bond acceptors (Lipinski definition) is 5. The van der Waals surface area contributed by atoms with Gasteiger partial charge in [-0.05, 0) is 48.0 Å². The zero-order chi connectivity index (χ0) is 17.5. The predicted molar refractivity (Wildman–Crippen MR) is 88.1 cm³/mol. The first-order chi connectivity index (χ1) is 11.5. The van der Waals surface area contributed by atoms with Crippen molar-refractivity contribution >= 4 is 23.6 Å². The second-order valence-electron chi connectivity index (χ2n) is 4.78. The largest absolute Gasteiger partial charge is 0.508 e. The fourth-order valence-electron chi connectivity index (χ4n) is 1.89. The van der Waals surface area contributed by atoms with Crippen molar-refractivity contribution in [3.8, 4) is 11.8 Å². The molecule has 0 aliphatic rings. The van der Waals surface area contributed by atoms with Crippen LogP contribution in [0.4, 0.5) is 5.69 Å². The third-order valence-corrected chi connectivity index (χ3v) is 3.13. The number of anilines is 1. The number of carbonyl (C=O) groups is 2. The highest BCUT2D eigenvalue weighted by atomic mass is 16.5. The number of nitrogens with zero attached hydrogens (tertiary/aromatic N) is 1. The summed E-state index contributed by atoms with van der Waals surface area (Å²) < 4.78 is 4.60. The average molecular weight is 322 g/mol. The van der Waals surface area contributed by atoms with Crippen LogP contribution in [0.1, 0.15) is 15.9 Å². The van der Waals surface area contributed by atoms with Crippen LogP contribution in [-0.2, 0) is 9.53 Å². The summed E-state index contributed by atoms with van der Waals surface area (Å²) in [6.45, 7) is 0. The number of nitriles is 1. The smallest absolute Gasteiger partial charge is 0.337 e. The molecule has 2 aromatic carbocycles. The summed E-state index contributed by atoms with van der Waals surface area (Å²) in [6, 6.07) is 14.0. The molecule has 120 valence electrons. The molecule has 0 saturated heterocycles. The van der Waals surface area contributed by atoms with Gasteiger partial charge in [0.15, 0.2) is 0 Å². The van der Waals surface area contributed by atoms with Gasteiger partial charge >= 0.3 is 5.97 Å². The lowest BCUT2D eigenvalue weighted by Crippen LogP contribution is -2.13. The number of aromatic hydroxyl groups is 1. The number of carbonyl (C=O) groups excluding carboxylic acids is 2. The van der Waals surface area contributed by atoms with Crippen molar-refractivity contribution in [2.75, 3.05) is 12.4 Å². The molecule has 1 amide bonds. The molecule has 6 nitrogen and oxygen atoms in total. The maximum Gasteiger partial charge on any atom is 0.337 e. The van der Waals surface area contributed by atoms with Crippen LogP contribution in [0, 0.1) is 11.3 Å². The summed E-state index contributed by atoms with van der Waals surface area (Å²) in [5.41, 5.74) is 1.34. The van der Waals surface area contributed by atoms with Crippen LogP contribution in [0.2, 0.25) is 0 Å². The molecule has 0 atom stereocenters. The van der Waals surface area contributed by atoms with Crippen molar-refractivity contribution in [1.29, 1.82) is 5.26 Å². The first-order valence-corrected chi connectivity index (χ1v) is 6.94. The van der Waals surface area contributed by atoms with E-state index in [0.717, 1.165) is 0 Å². The van der Waals surface area contributed by atoms with Crippen LogP contribution < -0.4 is 5.32 Å². The van der Waals surface area contributed by atoms with Gasteiger partial charge in [-0.2, -0.15) is 5.26 Å². The standard InChI is InChI=1S/C18H14N2O4/c1-24-18(23)13-4-2-12(3-5-13)10-14(11-19)17(22)20-15-6-8-16(21)9-7-15/h2-10,21H,1H3,(H,20,22)/b14-10+. The molecule has 2 aromatic rings.